The molecule has 1 unspecified atom stereocenters. The number of nitrogens with one attached hydrogen (secondary N) is 1. The Morgan fingerprint density at radius 3 is 2.53 bits per heavy atom. The lowest BCUT2D eigenvalue weighted by Crippen LogP contribution is -2.22. The van der Waals surface area contributed by atoms with E-state index >= 15 is 0 Å². The van der Waals surface area contributed by atoms with E-state index in [4.69, 9.17) is 0 Å². The second-order valence-electron chi connectivity index (χ2n) is 4.44. The Balaban J connectivity index is 2.37. The Bertz CT molecular complexity index is 339. The van der Waals surface area contributed by atoms with Gasteiger partial charge in [0.15, 0.2) is 11.6 Å². The molecule has 0 saturated heterocycles. The van der Waals surface area contributed by atoms with Gasteiger partial charge in [0.25, 0.3) is 0 Å². The van der Waals surface area contributed by atoms with Crippen LogP contribution in [0.1, 0.15) is 38.7 Å². The molecule has 3 heteroatoms. The van der Waals surface area contributed by atoms with E-state index < -0.39 is 11.6 Å². The Kier molecular flexibility index (Phi) is 6.12. The van der Waals surface area contributed by atoms with Crippen LogP contribution in [0.15, 0.2) is 18.2 Å². The van der Waals surface area contributed by atoms with Crippen molar-refractivity contribution >= 4 is 0 Å². The molecule has 1 N–H and O–H groups in total. The smallest absolute Gasteiger partial charge is 0.159 e. The number of hydrogen-bond donors (Lipinski definition) is 1. The van der Waals surface area contributed by atoms with E-state index in [1.807, 2.05) is 0 Å². The monoisotopic (exact) mass is 241 g/mol. The highest BCUT2D eigenvalue weighted by Gasteiger charge is 2.05. The van der Waals surface area contributed by atoms with Crippen LogP contribution in [0.5, 0.6) is 0 Å². The zero-order valence-corrected chi connectivity index (χ0v) is 10.6. The number of benzene rings is 1. The lowest BCUT2D eigenvalue weighted by atomic mass is 10.0. The first-order valence-electron chi connectivity index (χ1n) is 6.32. The molecule has 0 aromatic heterocycles. The third kappa shape index (κ3) is 4.82. The standard InChI is InChI=1S/C14H21F2N/c1-3-5-11(4-2)9-17-10-12-6-7-13(15)14(16)8-12/h6-8,11,17H,3-5,9-10H2,1-2H3. The van der Waals surface area contributed by atoms with E-state index in [1.54, 1.807) is 6.07 Å². The zero-order chi connectivity index (χ0) is 12.7. The van der Waals surface area contributed by atoms with Crippen molar-refractivity contribution in [2.24, 2.45) is 5.92 Å². The maximum absolute atomic E-state index is 12.9. The molecule has 0 bridgehead atoms. The molecule has 1 aromatic carbocycles. The molecule has 1 aromatic rings. The van der Waals surface area contributed by atoms with Crippen LogP contribution in [0, 0.1) is 17.6 Å². The topological polar surface area (TPSA) is 12.0 Å². The van der Waals surface area contributed by atoms with Gasteiger partial charge in [-0.2, -0.15) is 0 Å². The molecule has 0 aliphatic carbocycles. The molecule has 17 heavy (non-hydrogen) atoms. The van der Waals surface area contributed by atoms with Gasteiger partial charge in [0, 0.05) is 6.54 Å². The van der Waals surface area contributed by atoms with Gasteiger partial charge in [0.1, 0.15) is 0 Å². The summed E-state index contributed by atoms with van der Waals surface area (Å²) < 4.78 is 25.7. The largest absolute Gasteiger partial charge is 0.312 e. The van der Waals surface area contributed by atoms with Gasteiger partial charge >= 0.3 is 0 Å². The fourth-order valence-corrected chi connectivity index (χ4v) is 1.93. The summed E-state index contributed by atoms with van der Waals surface area (Å²) in [6.45, 7) is 5.89. The first-order chi connectivity index (χ1) is 8.17. The summed E-state index contributed by atoms with van der Waals surface area (Å²) in [5, 5.41) is 3.30. The summed E-state index contributed by atoms with van der Waals surface area (Å²) in [5.74, 6) is -0.888. The van der Waals surface area contributed by atoms with Crippen LogP contribution in [0.2, 0.25) is 0 Å². The van der Waals surface area contributed by atoms with Crippen LogP contribution in [0.4, 0.5) is 8.78 Å². The van der Waals surface area contributed by atoms with Crippen LogP contribution in [0.25, 0.3) is 0 Å². The van der Waals surface area contributed by atoms with Crippen molar-refractivity contribution < 1.29 is 8.78 Å². The van der Waals surface area contributed by atoms with Gasteiger partial charge in [-0.25, -0.2) is 8.78 Å². The highest BCUT2D eigenvalue weighted by Crippen LogP contribution is 2.11. The average Bonchev–Trinajstić information content (AvgIpc) is 2.32. The zero-order valence-electron chi connectivity index (χ0n) is 10.6. The van der Waals surface area contributed by atoms with Gasteiger partial charge in [-0.15, -0.1) is 0 Å². The molecule has 0 aliphatic rings. The summed E-state index contributed by atoms with van der Waals surface area (Å²) in [5.41, 5.74) is 0.787. The van der Waals surface area contributed by atoms with E-state index in [0.717, 1.165) is 18.5 Å². The predicted octanol–water partition coefficient (Wildman–Crippen LogP) is 3.88. The Hall–Kier alpha value is -0.960. The summed E-state index contributed by atoms with van der Waals surface area (Å²) in [6, 6.07) is 4.05. The third-order valence-electron chi connectivity index (χ3n) is 3.02. The lowest BCUT2D eigenvalue weighted by Gasteiger charge is -2.14. The second-order valence-corrected chi connectivity index (χ2v) is 4.44. The van der Waals surface area contributed by atoms with Crippen molar-refractivity contribution in [3.8, 4) is 0 Å². The van der Waals surface area contributed by atoms with E-state index in [2.05, 4.69) is 19.2 Å². The second kappa shape index (κ2) is 7.38. The molecular formula is C14H21F2N. The maximum atomic E-state index is 12.9. The SMILES string of the molecule is CCCC(CC)CNCc1ccc(F)c(F)c1. The first-order valence-corrected chi connectivity index (χ1v) is 6.32. The highest BCUT2D eigenvalue weighted by atomic mass is 19.2. The predicted molar refractivity (Wildman–Crippen MR) is 66.8 cm³/mol. The van der Waals surface area contributed by atoms with Gasteiger partial charge in [0.05, 0.1) is 0 Å². The molecule has 0 spiro atoms. The van der Waals surface area contributed by atoms with Crippen LogP contribution in [-0.2, 0) is 6.54 Å². The molecule has 1 rings (SSSR count). The number of halogens is 2. The van der Waals surface area contributed by atoms with Crippen LogP contribution in [-0.4, -0.2) is 6.54 Å². The van der Waals surface area contributed by atoms with E-state index in [9.17, 15) is 8.78 Å². The lowest BCUT2D eigenvalue weighted by molar-refractivity contribution is 0.428. The summed E-state index contributed by atoms with van der Waals surface area (Å²) >= 11 is 0. The molecule has 0 saturated carbocycles. The van der Waals surface area contributed by atoms with E-state index in [1.165, 1.54) is 25.0 Å². The van der Waals surface area contributed by atoms with Crippen LogP contribution < -0.4 is 5.32 Å². The Morgan fingerprint density at radius 1 is 1.18 bits per heavy atom. The summed E-state index contributed by atoms with van der Waals surface area (Å²) in [6.07, 6.45) is 3.55. The molecule has 0 radical (unpaired) electrons. The molecule has 1 nitrogen and oxygen atoms in total. The minimum atomic E-state index is -0.786. The minimum Gasteiger partial charge on any atom is -0.312 e. The summed E-state index contributed by atoms with van der Waals surface area (Å²) in [7, 11) is 0. The van der Waals surface area contributed by atoms with Gasteiger partial charge in [-0.3, -0.25) is 0 Å². The quantitative estimate of drug-likeness (QED) is 0.764. The van der Waals surface area contributed by atoms with Gasteiger partial charge in [-0.05, 0) is 36.6 Å². The molecule has 96 valence electrons. The molecule has 0 heterocycles. The normalized spacial score (nSPS) is 12.7. The number of rotatable bonds is 7. The van der Waals surface area contributed by atoms with Crippen LogP contribution in [0.3, 0.4) is 0 Å². The summed E-state index contributed by atoms with van der Waals surface area (Å²) in [4.78, 5) is 0. The van der Waals surface area contributed by atoms with Gasteiger partial charge in [-0.1, -0.05) is 32.8 Å². The Labute approximate surface area is 102 Å². The molecular weight excluding hydrogens is 220 g/mol. The Morgan fingerprint density at radius 2 is 1.94 bits per heavy atom. The van der Waals surface area contributed by atoms with Crippen molar-refractivity contribution in [1.29, 1.82) is 0 Å². The van der Waals surface area contributed by atoms with Gasteiger partial charge in [0.2, 0.25) is 0 Å². The van der Waals surface area contributed by atoms with Crippen molar-refractivity contribution in [1.82, 2.24) is 5.32 Å². The van der Waals surface area contributed by atoms with E-state index in [-0.39, 0.29) is 0 Å². The maximum Gasteiger partial charge on any atom is 0.159 e. The van der Waals surface area contributed by atoms with Gasteiger partial charge < -0.3 is 5.32 Å². The van der Waals surface area contributed by atoms with Crippen molar-refractivity contribution in [3.63, 3.8) is 0 Å². The fraction of sp³-hybridized carbons (Fsp3) is 0.571. The molecule has 0 amide bonds. The van der Waals surface area contributed by atoms with E-state index in [0.29, 0.717) is 12.5 Å². The molecule has 0 fully saturated rings. The van der Waals surface area contributed by atoms with Crippen molar-refractivity contribution in [2.75, 3.05) is 6.54 Å². The fourth-order valence-electron chi connectivity index (χ4n) is 1.93. The van der Waals surface area contributed by atoms with Crippen LogP contribution >= 0.6 is 0 Å². The minimum absolute atomic E-state index is 0.595. The molecule has 0 aliphatic heterocycles. The average molecular weight is 241 g/mol. The third-order valence-corrected chi connectivity index (χ3v) is 3.02. The first kappa shape index (κ1) is 14.1. The highest BCUT2D eigenvalue weighted by molar-refractivity contribution is 5.17. The van der Waals surface area contributed by atoms with Crippen molar-refractivity contribution in [2.45, 2.75) is 39.7 Å². The number of hydrogen-bond acceptors (Lipinski definition) is 1. The van der Waals surface area contributed by atoms with Crippen molar-refractivity contribution in [3.05, 3.63) is 35.4 Å². The molecule has 1 atom stereocenters.